The summed E-state index contributed by atoms with van der Waals surface area (Å²) in [5.41, 5.74) is 21.9. The summed E-state index contributed by atoms with van der Waals surface area (Å²) in [5.74, 6) is 0. The second kappa shape index (κ2) is 18.4. The minimum Gasteiger partial charge on any atom is -0.310 e. The van der Waals surface area contributed by atoms with E-state index in [-0.39, 0.29) is 0 Å². The summed E-state index contributed by atoms with van der Waals surface area (Å²) in [5, 5.41) is 5.32. The number of anilines is 6. The van der Waals surface area contributed by atoms with Gasteiger partial charge >= 0.3 is 0 Å². The zero-order valence-electron chi connectivity index (χ0n) is 42.2. The maximum atomic E-state index is 2.50. The second-order valence-electron chi connectivity index (χ2n) is 21.0. The van der Waals surface area contributed by atoms with Crippen LogP contribution in [0.5, 0.6) is 0 Å². The lowest BCUT2D eigenvalue weighted by molar-refractivity contribution is 1.22. The molecule has 9 aromatic rings. The van der Waals surface area contributed by atoms with Gasteiger partial charge in [0.05, 0.1) is 21.8 Å². The van der Waals surface area contributed by atoms with Gasteiger partial charge in [-0.1, -0.05) is 165 Å². The normalized spacial score (nSPS) is 11.8. The molecular weight excluding hydrogens is 853 g/mol. The zero-order valence-corrected chi connectivity index (χ0v) is 44.2. The third-order valence-electron chi connectivity index (χ3n) is 14.3. The quantitative estimate of drug-likeness (QED) is 0.119. The van der Waals surface area contributed by atoms with Crippen LogP contribution < -0.4 is 20.2 Å². The first kappa shape index (κ1) is 46.4. The first-order chi connectivity index (χ1) is 32.5. The molecule has 68 heavy (non-hydrogen) atoms. The number of hydrogen-bond donors (Lipinski definition) is 0. The summed E-state index contributed by atoms with van der Waals surface area (Å²) in [7, 11) is -3.05. The fourth-order valence-corrected chi connectivity index (χ4v) is 12.1. The van der Waals surface area contributed by atoms with Crippen molar-refractivity contribution >= 4 is 71.4 Å². The van der Waals surface area contributed by atoms with E-state index in [2.05, 4.69) is 273 Å². The first-order valence-corrected chi connectivity index (χ1v) is 31.3. The van der Waals surface area contributed by atoms with Crippen molar-refractivity contribution in [2.75, 3.05) is 9.80 Å². The van der Waals surface area contributed by atoms with Crippen molar-refractivity contribution in [3.63, 3.8) is 0 Å². The van der Waals surface area contributed by atoms with Crippen molar-refractivity contribution in [1.29, 1.82) is 0 Å². The highest BCUT2D eigenvalue weighted by molar-refractivity contribution is 6.89. The van der Waals surface area contributed by atoms with Crippen molar-refractivity contribution < 1.29 is 0 Å². The standard InChI is InChI=1S/C64H66N2Si2/c1-43-37-54(38-44(2)47(43)5)65(51-27-32-56(33-28-51)67(7,8)9)53-31-36-60(61(41-53)49-21-15-13-16-22-49)64-59-26-20-19-25-58(59)63(42-62(64)50-23-17-14-18-24-50)66(55-39-45(3)48(6)46(4)40-55)52-29-34-57(35-30-52)68(10,11)12/h13-42H,1-12H3. The largest absolute Gasteiger partial charge is 0.310 e. The number of aryl methyl sites for hydroxylation is 4. The Morgan fingerprint density at radius 3 is 1.18 bits per heavy atom. The Kier molecular flexibility index (Phi) is 12.6. The highest BCUT2D eigenvalue weighted by Crippen LogP contribution is 2.50. The molecule has 0 unspecified atom stereocenters. The second-order valence-corrected chi connectivity index (χ2v) is 31.2. The molecule has 9 rings (SSSR count). The Labute approximate surface area is 408 Å². The molecule has 0 amide bonds. The third kappa shape index (κ3) is 9.03. The molecule has 0 radical (unpaired) electrons. The van der Waals surface area contributed by atoms with Gasteiger partial charge in [0, 0.05) is 33.8 Å². The number of benzene rings is 9. The molecule has 0 aliphatic carbocycles. The van der Waals surface area contributed by atoms with E-state index >= 15 is 0 Å². The van der Waals surface area contributed by atoms with Crippen LogP contribution in [-0.4, -0.2) is 16.1 Å². The van der Waals surface area contributed by atoms with Crippen LogP contribution >= 0.6 is 0 Å². The number of hydrogen-bond acceptors (Lipinski definition) is 2. The number of rotatable bonds is 11. The van der Waals surface area contributed by atoms with Crippen LogP contribution in [0.2, 0.25) is 39.3 Å². The molecule has 4 heteroatoms. The van der Waals surface area contributed by atoms with Crippen LogP contribution in [-0.2, 0) is 0 Å². The van der Waals surface area contributed by atoms with Crippen LogP contribution in [0, 0.1) is 41.5 Å². The van der Waals surface area contributed by atoms with Gasteiger partial charge in [-0.2, -0.15) is 0 Å². The van der Waals surface area contributed by atoms with Gasteiger partial charge in [0.1, 0.15) is 0 Å². The van der Waals surface area contributed by atoms with Crippen LogP contribution in [0.1, 0.15) is 33.4 Å². The first-order valence-electron chi connectivity index (χ1n) is 24.3. The smallest absolute Gasteiger partial charge is 0.0775 e. The summed E-state index contributed by atoms with van der Waals surface area (Å²) < 4.78 is 0. The van der Waals surface area contributed by atoms with E-state index in [1.54, 1.807) is 0 Å². The predicted molar refractivity (Wildman–Crippen MR) is 304 cm³/mol. The van der Waals surface area contributed by atoms with Crippen LogP contribution in [0.15, 0.2) is 182 Å². The highest BCUT2D eigenvalue weighted by Gasteiger charge is 2.26. The van der Waals surface area contributed by atoms with Crippen LogP contribution in [0.3, 0.4) is 0 Å². The van der Waals surface area contributed by atoms with Crippen molar-refractivity contribution in [3.8, 4) is 33.4 Å². The lowest BCUT2D eigenvalue weighted by Gasteiger charge is -2.31. The Bertz CT molecular complexity index is 3240. The summed E-state index contributed by atoms with van der Waals surface area (Å²) >= 11 is 0. The molecule has 9 aromatic carbocycles. The van der Waals surface area contributed by atoms with Crippen LogP contribution in [0.25, 0.3) is 44.2 Å². The lowest BCUT2D eigenvalue weighted by atomic mass is 9.84. The van der Waals surface area contributed by atoms with Gasteiger partial charge in [-0.05, 0) is 180 Å². The SMILES string of the molecule is Cc1cc(N(c2ccc([Si](C)(C)C)cc2)c2ccc(-c3c(-c4ccccc4)cc(N(c4ccc([Si](C)(C)C)cc4)c4cc(C)c(C)c(C)c4)c4ccccc34)c(-c3ccccc3)c2)cc(C)c1C. The topological polar surface area (TPSA) is 6.48 Å². The fourth-order valence-electron chi connectivity index (χ4n) is 9.80. The van der Waals surface area contributed by atoms with E-state index in [0.717, 1.165) is 34.1 Å². The Morgan fingerprint density at radius 1 is 0.309 bits per heavy atom. The van der Waals surface area contributed by atoms with Gasteiger partial charge < -0.3 is 9.80 Å². The van der Waals surface area contributed by atoms with Crippen molar-refractivity contribution in [2.24, 2.45) is 0 Å². The molecule has 340 valence electrons. The summed E-state index contributed by atoms with van der Waals surface area (Å²) in [6, 6.07) is 69.0. The summed E-state index contributed by atoms with van der Waals surface area (Å²) in [6.45, 7) is 28.0. The van der Waals surface area contributed by atoms with Gasteiger partial charge in [-0.25, -0.2) is 0 Å². The molecular formula is C64H66N2Si2. The maximum absolute atomic E-state index is 2.50. The maximum Gasteiger partial charge on any atom is 0.0775 e. The molecule has 0 aliphatic rings. The van der Waals surface area contributed by atoms with E-state index in [0.29, 0.717) is 0 Å². The summed E-state index contributed by atoms with van der Waals surface area (Å²) in [6.07, 6.45) is 0. The molecule has 0 heterocycles. The molecule has 0 N–H and O–H groups in total. The Hall–Kier alpha value is -6.73. The van der Waals surface area contributed by atoms with Gasteiger partial charge in [-0.3, -0.25) is 0 Å². The highest BCUT2D eigenvalue weighted by atomic mass is 28.3. The molecule has 0 spiro atoms. The monoisotopic (exact) mass is 918 g/mol. The number of fused-ring (bicyclic) bond motifs is 1. The van der Waals surface area contributed by atoms with Gasteiger partial charge in [0.15, 0.2) is 0 Å². The van der Waals surface area contributed by atoms with E-state index in [4.69, 9.17) is 0 Å². The van der Waals surface area contributed by atoms with Crippen LogP contribution in [0.4, 0.5) is 34.1 Å². The van der Waals surface area contributed by atoms with E-state index in [1.807, 2.05) is 0 Å². The average Bonchev–Trinajstić information content (AvgIpc) is 3.33. The van der Waals surface area contributed by atoms with Crippen molar-refractivity contribution in [1.82, 2.24) is 0 Å². The van der Waals surface area contributed by atoms with Crippen molar-refractivity contribution in [3.05, 3.63) is 215 Å². The van der Waals surface area contributed by atoms with E-state index in [9.17, 15) is 0 Å². The van der Waals surface area contributed by atoms with Gasteiger partial charge in [0.25, 0.3) is 0 Å². The van der Waals surface area contributed by atoms with E-state index < -0.39 is 16.1 Å². The van der Waals surface area contributed by atoms with Gasteiger partial charge in [-0.15, -0.1) is 0 Å². The average molecular weight is 919 g/mol. The minimum atomic E-state index is -1.54. The molecule has 0 saturated heterocycles. The fraction of sp³-hybridized carbons (Fsp3) is 0.188. The molecule has 0 bridgehead atoms. The molecule has 2 nitrogen and oxygen atoms in total. The Morgan fingerprint density at radius 2 is 0.706 bits per heavy atom. The summed E-state index contributed by atoms with van der Waals surface area (Å²) in [4.78, 5) is 4.96. The Balaban J connectivity index is 1.34. The minimum absolute atomic E-state index is 1.12. The van der Waals surface area contributed by atoms with Crippen molar-refractivity contribution in [2.45, 2.75) is 80.8 Å². The van der Waals surface area contributed by atoms with Gasteiger partial charge in [0.2, 0.25) is 0 Å². The predicted octanol–water partition coefficient (Wildman–Crippen LogP) is 17.7. The lowest BCUT2D eigenvalue weighted by Crippen LogP contribution is -2.37. The third-order valence-corrected chi connectivity index (χ3v) is 18.4. The molecule has 0 saturated carbocycles. The molecule has 0 aromatic heterocycles. The molecule has 0 fully saturated rings. The molecule has 0 atom stereocenters. The number of nitrogens with zero attached hydrogens (tertiary/aromatic N) is 2. The zero-order chi connectivity index (χ0) is 48.1. The molecule has 0 aliphatic heterocycles. The van der Waals surface area contributed by atoms with E-state index in [1.165, 1.54) is 87.9 Å².